The molecule has 3 aromatic heterocycles. The summed E-state index contributed by atoms with van der Waals surface area (Å²) in [5, 5.41) is 35.8. The fraction of sp³-hybridized carbons (Fsp3) is 0. The fourth-order valence-corrected chi connectivity index (χ4v) is 21.3. The van der Waals surface area contributed by atoms with Crippen LogP contribution < -0.4 is 0 Å². The molecule has 24 aromatic rings. The van der Waals surface area contributed by atoms with Crippen LogP contribution in [0.1, 0.15) is 16.7 Å². The Morgan fingerprint density at radius 2 is 0.312 bits per heavy atom. The molecule has 0 unspecified atom stereocenters. The summed E-state index contributed by atoms with van der Waals surface area (Å²) in [5.74, 6) is 1.38. The zero-order valence-electron chi connectivity index (χ0n) is 77.9. The van der Waals surface area contributed by atoms with E-state index in [-0.39, 0.29) is 0 Å². The Bertz CT molecular complexity index is 9080. The van der Waals surface area contributed by atoms with E-state index in [0.717, 1.165) is 145 Å². The monoisotopic (exact) mass is 1830 g/mol. The van der Waals surface area contributed by atoms with E-state index >= 15 is 0 Å². The highest BCUT2D eigenvalue weighted by molar-refractivity contribution is 6.26. The van der Waals surface area contributed by atoms with Crippen LogP contribution >= 0.6 is 0 Å². The smallest absolute Gasteiger partial charge is 0.161 e. The summed E-state index contributed by atoms with van der Waals surface area (Å²) >= 11 is 0. The van der Waals surface area contributed by atoms with E-state index in [0.29, 0.717) is 28.3 Å². The zero-order chi connectivity index (χ0) is 96.1. The number of benzene rings is 21. The molecule has 0 radical (unpaired) electrons. The van der Waals surface area contributed by atoms with Gasteiger partial charge in [-0.25, -0.2) is 24.9 Å². The molecular formula is C136H82N8. The van der Waals surface area contributed by atoms with Crippen LogP contribution in [0.4, 0.5) is 0 Å². The minimum Gasteiger partial charge on any atom is -0.248 e. The molecule has 3 aliphatic carbocycles. The van der Waals surface area contributed by atoms with Crippen molar-refractivity contribution >= 4 is 32.3 Å². The standard InChI is InChI=1S/C51H31N3.C45H27N3.C40H24N2/c52-32-33-19-21-35(22-20-33)40-27-29-45-42-16-8-9-17-43(42)46-30-28-41(49(40)50(45)46)36-25-23-34(24-26-36)39-15-7-10-18-44(39)48-31-47(37-11-3-1-4-12-37)53-51(54-48)38-13-5-2-6-14-38;46-28-29-19-21-30(22-20-29)33-23-24-37-34-15-7-8-16-35(34)38-25-26-39(43(33)44(37)38)36-17-9-10-18-40(36)45-47-41(31-11-3-1-4-12-31)27-42(48-45)32-13-5-2-6-14-32;41-25-26-15-17-27(18-16-26)31-19-21-35-33-13-7-8-14-34(33)36-22-20-32(39(31)40(35)36)30-23-37(28-9-3-1-4-10-28)42-38(24-30)29-11-5-2-6-12-29/h1-31H;1-27H;1-24H. The molecule has 0 atom stereocenters. The Kier molecular flexibility index (Phi) is 22.0. The van der Waals surface area contributed by atoms with Crippen molar-refractivity contribution in [1.82, 2.24) is 24.9 Å². The van der Waals surface area contributed by atoms with Gasteiger partial charge in [-0.15, -0.1) is 0 Å². The maximum atomic E-state index is 9.51. The van der Waals surface area contributed by atoms with Gasteiger partial charge in [-0.2, -0.15) is 15.8 Å². The van der Waals surface area contributed by atoms with E-state index in [9.17, 15) is 15.8 Å². The van der Waals surface area contributed by atoms with Crippen LogP contribution in [0.15, 0.2) is 497 Å². The molecule has 27 rings (SSSR count). The van der Waals surface area contributed by atoms with Gasteiger partial charge in [0.05, 0.1) is 69.1 Å². The van der Waals surface area contributed by atoms with Crippen molar-refractivity contribution in [3.63, 3.8) is 0 Å². The van der Waals surface area contributed by atoms with E-state index in [1.54, 1.807) is 0 Å². The first kappa shape index (κ1) is 85.8. The topological polar surface area (TPSA) is 136 Å². The number of hydrogen-bond donors (Lipinski definition) is 0. The van der Waals surface area contributed by atoms with Gasteiger partial charge in [-0.05, 0) is 238 Å². The third-order valence-electron chi connectivity index (χ3n) is 28.1. The Morgan fingerprint density at radius 3 is 0.611 bits per heavy atom. The SMILES string of the molecule is N#Cc1ccc(-c2ccc3c4c(ccc(-c5cc(-c6ccccc6)nc(-c6ccccc6)c5)c24)-c2ccccc2-3)cc1.N#Cc1ccc(-c2ccc3c4c(ccc(-c5ccc(-c6ccccc6-c6cc(-c7ccccc7)nc(-c7ccccc7)n6)cc5)c24)-c2ccccc2-3)cc1.N#Cc1ccc(-c2ccc3c4c(ccc(-c5ccccc5-c5nc(-c6ccccc6)cc(-c6ccccc6)n5)c24)-c2ccccc2-3)cc1. The molecule has 8 heteroatoms. The van der Waals surface area contributed by atoms with Gasteiger partial charge < -0.3 is 0 Å². The third kappa shape index (κ3) is 15.6. The van der Waals surface area contributed by atoms with Crippen LogP contribution in [0.25, 0.3) is 267 Å². The quantitative estimate of drug-likeness (QED) is 0.0990. The third-order valence-corrected chi connectivity index (χ3v) is 28.1. The molecule has 0 fully saturated rings. The second-order valence-electron chi connectivity index (χ2n) is 36.3. The minimum absolute atomic E-state index is 0.646. The maximum Gasteiger partial charge on any atom is 0.161 e. The van der Waals surface area contributed by atoms with Crippen molar-refractivity contribution in [3.05, 3.63) is 514 Å². The highest BCUT2D eigenvalue weighted by atomic mass is 14.9. The molecule has 0 spiro atoms. The largest absolute Gasteiger partial charge is 0.248 e. The first-order valence-electron chi connectivity index (χ1n) is 48.3. The summed E-state index contributed by atoms with van der Waals surface area (Å²) in [6, 6.07) is 180. The molecular weight excluding hydrogens is 1750 g/mol. The van der Waals surface area contributed by atoms with Gasteiger partial charge in [0.15, 0.2) is 11.6 Å². The number of nitriles is 3. The van der Waals surface area contributed by atoms with Crippen LogP contribution in [0.3, 0.4) is 0 Å². The highest BCUT2D eigenvalue weighted by Crippen LogP contribution is 2.57. The molecule has 0 amide bonds. The van der Waals surface area contributed by atoms with Crippen molar-refractivity contribution in [2.24, 2.45) is 0 Å². The number of fused-ring (bicyclic) bond motifs is 9. The Morgan fingerprint density at radius 1 is 0.118 bits per heavy atom. The summed E-state index contributed by atoms with van der Waals surface area (Å²) in [6.07, 6.45) is 0. The van der Waals surface area contributed by atoms with Gasteiger partial charge in [0.2, 0.25) is 0 Å². The lowest BCUT2D eigenvalue weighted by Gasteiger charge is -2.17. The van der Waals surface area contributed by atoms with Crippen LogP contribution in [0.5, 0.6) is 0 Å². The first-order valence-corrected chi connectivity index (χ1v) is 48.3. The van der Waals surface area contributed by atoms with Crippen molar-refractivity contribution in [3.8, 4) is 253 Å². The fourth-order valence-electron chi connectivity index (χ4n) is 21.3. The van der Waals surface area contributed by atoms with Crippen LogP contribution in [-0.4, -0.2) is 24.9 Å². The van der Waals surface area contributed by atoms with Crippen LogP contribution in [0, 0.1) is 34.0 Å². The van der Waals surface area contributed by atoms with Gasteiger partial charge in [-0.1, -0.05) is 437 Å². The molecule has 3 heterocycles. The summed E-state index contributed by atoms with van der Waals surface area (Å²) in [4.78, 5) is 25.7. The van der Waals surface area contributed by atoms with Crippen molar-refractivity contribution in [2.45, 2.75) is 0 Å². The average molecular weight is 1830 g/mol. The van der Waals surface area contributed by atoms with E-state index in [1.807, 2.05) is 121 Å². The summed E-state index contributed by atoms with van der Waals surface area (Å²) in [7, 11) is 0. The van der Waals surface area contributed by atoms with Crippen molar-refractivity contribution in [2.75, 3.05) is 0 Å². The van der Waals surface area contributed by atoms with E-state index in [1.165, 1.54) is 110 Å². The second-order valence-corrected chi connectivity index (χ2v) is 36.3. The van der Waals surface area contributed by atoms with Crippen LogP contribution in [0.2, 0.25) is 0 Å². The number of pyridine rings is 1. The van der Waals surface area contributed by atoms with Crippen molar-refractivity contribution in [1.29, 1.82) is 15.8 Å². The lowest BCUT2D eigenvalue weighted by molar-refractivity contribution is 1.18. The predicted octanol–water partition coefficient (Wildman–Crippen LogP) is 35.1. The molecule has 0 aliphatic heterocycles. The average Bonchev–Trinajstić information content (AvgIpc) is 1.55. The summed E-state index contributed by atoms with van der Waals surface area (Å²) in [6.45, 7) is 0. The van der Waals surface area contributed by atoms with Crippen molar-refractivity contribution < 1.29 is 0 Å². The van der Waals surface area contributed by atoms with Gasteiger partial charge in [0.25, 0.3) is 0 Å². The Labute approximate surface area is 834 Å². The second kappa shape index (κ2) is 36.9. The molecule has 0 saturated carbocycles. The molecule has 8 nitrogen and oxygen atoms in total. The zero-order valence-corrected chi connectivity index (χ0v) is 77.9. The summed E-state index contributed by atoms with van der Waals surface area (Å²) in [5.41, 5.74) is 46.5. The maximum absolute atomic E-state index is 9.51. The number of hydrogen-bond acceptors (Lipinski definition) is 8. The summed E-state index contributed by atoms with van der Waals surface area (Å²) < 4.78 is 0. The van der Waals surface area contributed by atoms with Gasteiger partial charge in [0.1, 0.15) is 0 Å². The van der Waals surface area contributed by atoms with Gasteiger partial charge in [0, 0.05) is 44.5 Å². The Hall–Kier alpha value is -19.8. The normalized spacial score (nSPS) is 11.3. The lowest BCUT2D eigenvalue weighted by Crippen LogP contribution is -1.98. The minimum atomic E-state index is 0.646. The predicted molar refractivity (Wildman–Crippen MR) is 590 cm³/mol. The lowest BCUT2D eigenvalue weighted by atomic mass is 9.87. The molecule has 21 aromatic carbocycles. The van der Waals surface area contributed by atoms with Gasteiger partial charge in [-0.3, -0.25) is 0 Å². The Balaban J connectivity index is 0.000000114. The van der Waals surface area contributed by atoms with E-state index < -0.39 is 0 Å². The van der Waals surface area contributed by atoms with Gasteiger partial charge >= 0.3 is 0 Å². The molecule has 0 N–H and O–H groups in total. The van der Waals surface area contributed by atoms with E-state index in [2.05, 4.69) is 394 Å². The molecule has 144 heavy (non-hydrogen) atoms. The number of rotatable bonds is 15. The molecule has 3 aliphatic rings. The highest BCUT2D eigenvalue weighted by Gasteiger charge is 2.31. The van der Waals surface area contributed by atoms with Crippen LogP contribution in [-0.2, 0) is 0 Å². The molecule has 0 saturated heterocycles. The first-order chi connectivity index (χ1) is 71.3. The number of aromatic nitrogens is 5. The number of nitrogens with zero attached hydrogens (tertiary/aromatic N) is 8. The molecule has 0 bridgehead atoms. The van der Waals surface area contributed by atoms with E-state index in [4.69, 9.17) is 24.9 Å². The molecule has 666 valence electrons.